The van der Waals surface area contributed by atoms with Crippen molar-refractivity contribution in [3.8, 4) is 0 Å². The molecule has 3 N–H and O–H groups in total. The molecule has 0 saturated carbocycles. The predicted octanol–water partition coefficient (Wildman–Crippen LogP) is 3.64. The van der Waals surface area contributed by atoms with E-state index < -0.39 is 0 Å². The van der Waals surface area contributed by atoms with E-state index in [9.17, 15) is 0 Å². The van der Waals surface area contributed by atoms with Gasteiger partial charge in [0.05, 0.1) is 0 Å². The summed E-state index contributed by atoms with van der Waals surface area (Å²) in [6, 6.07) is 8.64. The number of benzene rings is 1. The molecule has 0 spiro atoms. The zero-order chi connectivity index (χ0) is 10.8. The zero-order valence-electron chi connectivity index (χ0n) is 9.73. The van der Waals surface area contributed by atoms with Gasteiger partial charge in [-0.05, 0) is 35.4 Å². The van der Waals surface area contributed by atoms with Crippen LogP contribution in [0.5, 0.6) is 0 Å². The molecule has 0 aliphatic carbocycles. The number of rotatable bonds is 3. The van der Waals surface area contributed by atoms with Crippen LogP contribution < -0.4 is 5.73 Å². The molecule has 0 aliphatic rings. The van der Waals surface area contributed by atoms with Gasteiger partial charge >= 0.3 is 0 Å². The van der Waals surface area contributed by atoms with Crippen LogP contribution >= 0.6 is 12.4 Å². The Morgan fingerprint density at radius 2 is 2.00 bits per heavy atom. The van der Waals surface area contributed by atoms with Gasteiger partial charge in [0.1, 0.15) is 0 Å². The summed E-state index contributed by atoms with van der Waals surface area (Å²) in [7, 11) is 0. The molecule has 1 heterocycles. The van der Waals surface area contributed by atoms with Gasteiger partial charge in [-0.2, -0.15) is 0 Å². The molecule has 0 unspecified atom stereocenters. The summed E-state index contributed by atoms with van der Waals surface area (Å²) in [5.41, 5.74) is 8.54. The zero-order valence-corrected chi connectivity index (χ0v) is 10.6. The first-order chi connectivity index (χ1) is 7.16. The molecule has 0 bridgehead atoms. The summed E-state index contributed by atoms with van der Waals surface area (Å²) in [5, 5.41) is 1.25. The molecular weight excluding hydrogens is 220 g/mol. The van der Waals surface area contributed by atoms with Gasteiger partial charge in [-0.3, -0.25) is 0 Å². The van der Waals surface area contributed by atoms with E-state index in [1.54, 1.807) is 0 Å². The summed E-state index contributed by atoms with van der Waals surface area (Å²) in [6.45, 7) is 4.40. The SMILES string of the molecule is CC(C)C[C@@H](N)c1ccc2cc[nH]c2c1.Cl. The van der Waals surface area contributed by atoms with Crippen molar-refractivity contribution in [3.05, 3.63) is 36.0 Å². The van der Waals surface area contributed by atoms with Gasteiger partial charge in [-0.15, -0.1) is 12.4 Å². The van der Waals surface area contributed by atoms with Crippen LogP contribution in [0, 0.1) is 5.92 Å². The van der Waals surface area contributed by atoms with Crippen LogP contribution in [0.25, 0.3) is 10.9 Å². The number of aromatic nitrogens is 1. The third-order valence-corrected chi connectivity index (χ3v) is 2.73. The van der Waals surface area contributed by atoms with Crippen LogP contribution in [-0.2, 0) is 0 Å². The minimum absolute atomic E-state index is 0. The third-order valence-electron chi connectivity index (χ3n) is 2.73. The first kappa shape index (κ1) is 13.1. The van der Waals surface area contributed by atoms with E-state index in [1.165, 1.54) is 16.5 Å². The van der Waals surface area contributed by atoms with Gasteiger partial charge in [0.25, 0.3) is 0 Å². The Morgan fingerprint density at radius 1 is 1.25 bits per heavy atom. The highest BCUT2D eigenvalue weighted by atomic mass is 35.5. The molecule has 1 aromatic heterocycles. The lowest BCUT2D eigenvalue weighted by Gasteiger charge is -2.14. The standard InChI is InChI=1S/C13H18N2.ClH/c1-9(2)7-12(14)11-4-3-10-5-6-15-13(10)8-11;/h3-6,8-9,12,15H,7,14H2,1-2H3;1H/t12-;/m1./s1. The predicted molar refractivity (Wildman–Crippen MR) is 71.9 cm³/mol. The van der Waals surface area contributed by atoms with Crippen LogP contribution in [-0.4, -0.2) is 4.98 Å². The summed E-state index contributed by atoms with van der Waals surface area (Å²) in [6.07, 6.45) is 2.99. The largest absolute Gasteiger partial charge is 0.361 e. The van der Waals surface area contributed by atoms with E-state index >= 15 is 0 Å². The normalized spacial score (nSPS) is 12.8. The molecular formula is C13H19ClN2. The Bertz CT molecular complexity index is 448. The number of H-pyrrole nitrogens is 1. The molecule has 3 heteroatoms. The fraction of sp³-hybridized carbons (Fsp3) is 0.385. The Labute approximate surface area is 103 Å². The van der Waals surface area contributed by atoms with Crippen molar-refractivity contribution in [1.29, 1.82) is 0 Å². The Hall–Kier alpha value is -0.990. The molecule has 1 atom stereocenters. The van der Waals surface area contributed by atoms with E-state index in [1.807, 2.05) is 6.20 Å². The number of hydrogen-bond acceptors (Lipinski definition) is 1. The van der Waals surface area contributed by atoms with Gasteiger partial charge in [0.15, 0.2) is 0 Å². The summed E-state index contributed by atoms with van der Waals surface area (Å²) < 4.78 is 0. The lowest BCUT2D eigenvalue weighted by molar-refractivity contribution is 0.510. The van der Waals surface area contributed by atoms with Crippen molar-refractivity contribution in [2.75, 3.05) is 0 Å². The molecule has 2 nitrogen and oxygen atoms in total. The molecule has 0 aliphatic heterocycles. The fourth-order valence-electron chi connectivity index (χ4n) is 1.94. The Morgan fingerprint density at radius 3 is 2.69 bits per heavy atom. The number of aromatic amines is 1. The Kier molecular flexibility index (Phi) is 4.39. The monoisotopic (exact) mass is 238 g/mol. The smallest absolute Gasteiger partial charge is 0.0457 e. The average molecular weight is 239 g/mol. The van der Waals surface area contributed by atoms with E-state index in [-0.39, 0.29) is 18.4 Å². The van der Waals surface area contributed by atoms with Crippen molar-refractivity contribution >= 4 is 23.3 Å². The summed E-state index contributed by atoms with van der Waals surface area (Å²) in [4.78, 5) is 3.21. The molecule has 16 heavy (non-hydrogen) atoms. The van der Waals surface area contributed by atoms with Gasteiger partial charge in [0, 0.05) is 17.8 Å². The van der Waals surface area contributed by atoms with Crippen molar-refractivity contribution in [3.63, 3.8) is 0 Å². The molecule has 88 valence electrons. The highest BCUT2D eigenvalue weighted by molar-refractivity contribution is 5.85. The molecule has 0 saturated heterocycles. The molecule has 1 aromatic carbocycles. The van der Waals surface area contributed by atoms with Crippen LogP contribution in [0.15, 0.2) is 30.5 Å². The third kappa shape index (κ3) is 2.77. The molecule has 0 fully saturated rings. The molecule has 0 radical (unpaired) electrons. The van der Waals surface area contributed by atoms with Gasteiger partial charge in [-0.1, -0.05) is 26.0 Å². The van der Waals surface area contributed by atoms with Gasteiger partial charge < -0.3 is 10.7 Å². The van der Waals surface area contributed by atoms with Crippen LogP contribution in [0.2, 0.25) is 0 Å². The maximum absolute atomic E-state index is 6.14. The highest BCUT2D eigenvalue weighted by Crippen LogP contribution is 2.22. The number of nitrogens with two attached hydrogens (primary N) is 1. The average Bonchev–Trinajstić information content (AvgIpc) is 2.62. The maximum atomic E-state index is 6.14. The van der Waals surface area contributed by atoms with E-state index in [0.717, 1.165) is 6.42 Å². The van der Waals surface area contributed by atoms with Crippen molar-refractivity contribution in [2.24, 2.45) is 11.7 Å². The minimum Gasteiger partial charge on any atom is -0.361 e. The van der Waals surface area contributed by atoms with E-state index in [4.69, 9.17) is 5.73 Å². The second-order valence-electron chi connectivity index (χ2n) is 4.56. The second kappa shape index (κ2) is 5.37. The summed E-state index contributed by atoms with van der Waals surface area (Å²) >= 11 is 0. The number of fused-ring (bicyclic) bond motifs is 1. The first-order valence-electron chi connectivity index (χ1n) is 5.49. The lowest BCUT2D eigenvalue weighted by Crippen LogP contribution is -2.12. The maximum Gasteiger partial charge on any atom is 0.0457 e. The molecule has 2 aromatic rings. The van der Waals surface area contributed by atoms with Crippen molar-refractivity contribution in [1.82, 2.24) is 4.98 Å². The minimum atomic E-state index is 0. The quantitative estimate of drug-likeness (QED) is 0.843. The molecule has 0 amide bonds. The fourth-order valence-corrected chi connectivity index (χ4v) is 1.94. The number of nitrogens with one attached hydrogen (secondary N) is 1. The van der Waals surface area contributed by atoms with Gasteiger partial charge in [-0.25, -0.2) is 0 Å². The first-order valence-corrected chi connectivity index (χ1v) is 5.49. The van der Waals surface area contributed by atoms with E-state index in [2.05, 4.69) is 43.1 Å². The Balaban J connectivity index is 0.00000128. The van der Waals surface area contributed by atoms with Crippen LogP contribution in [0.3, 0.4) is 0 Å². The highest BCUT2D eigenvalue weighted by Gasteiger charge is 2.08. The second-order valence-corrected chi connectivity index (χ2v) is 4.56. The topological polar surface area (TPSA) is 41.8 Å². The van der Waals surface area contributed by atoms with Crippen LogP contribution in [0.1, 0.15) is 31.9 Å². The molecule has 2 rings (SSSR count). The van der Waals surface area contributed by atoms with Gasteiger partial charge in [0.2, 0.25) is 0 Å². The summed E-state index contributed by atoms with van der Waals surface area (Å²) in [5.74, 6) is 0.638. The number of hydrogen-bond donors (Lipinski definition) is 2. The lowest BCUT2D eigenvalue weighted by atomic mass is 9.97. The van der Waals surface area contributed by atoms with Crippen LogP contribution in [0.4, 0.5) is 0 Å². The van der Waals surface area contributed by atoms with Crippen molar-refractivity contribution < 1.29 is 0 Å². The van der Waals surface area contributed by atoms with Crippen molar-refractivity contribution in [2.45, 2.75) is 26.3 Å². The number of halogens is 1. The van der Waals surface area contributed by atoms with E-state index in [0.29, 0.717) is 5.92 Å².